The quantitative estimate of drug-likeness (QED) is 0.871. The third-order valence-corrected chi connectivity index (χ3v) is 4.87. The first kappa shape index (κ1) is 15.2. The van der Waals surface area contributed by atoms with E-state index in [1.54, 1.807) is 6.20 Å². The summed E-state index contributed by atoms with van der Waals surface area (Å²) in [5.74, 6) is 1.01. The minimum Gasteiger partial charge on any atom is -0.337 e. The second-order valence-corrected chi connectivity index (χ2v) is 6.12. The number of carbonyl (C=O) groups is 1. The number of rotatable bonds is 1. The standard InChI is InChI=1S/C16H18N4O.ClH/c17-12-6-5-10-8-20(9-11(10)12)16(21)15-7-18-13-3-1-2-4-14(13)19-15;/h1-4,7,10-12H,5-6,8-9,17H2;1H. The molecule has 116 valence electrons. The molecule has 1 saturated heterocycles. The van der Waals surface area contributed by atoms with Gasteiger partial charge in [0.1, 0.15) is 5.69 Å². The summed E-state index contributed by atoms with van der Waals surface area (Å²) >= 11 is 0. The van der Waals surface area contributed by atoms with Crippen LogP contribution in [0.3, 0.4) is 0 Å². The van der Waals surface area contributed by atoms with E-state index in [1.807, 2.05) is 29.2 Å². The first-order valence-corrected chi connectivity index (χ1v) is 7.49. The Morgan fingerprint density at radius 1 is 1.18 bits per heavy atom. The molecule has 2 heterocycles. The van der Waals surface area contributed by atoms with Gasteiger partial charge < -0.3 is 10.6 Å². The first-order chi connectivity index (χ1) is 10.2. The van der Waals surface area contributed by atoms with Gasteiger partial charge in [-0.05, 0) is 36.8 Å². The highest BCUT2D eigenvalue weighted by Crippen LogP contribution is 2.37. The summed E-state index contributed by atoms with van der Waals surface area (Å²) in [4.78, 5) is 23.3. The third-order valence-electron chi connectivity index (χ3n) is 4.87. The average molecular weight is 319 g/mol. The summed E-state index contributed by atoms with van der Waals surface area (Å²) in [6, 6.07) is 7.85. The topological polar surface area (TPSA) is 72.1 Å². The molecule has 5 nitrogen and oxygen atoms in total. The lowest BCUT2D eigenvalue weighted by molar-refractivity contribution is 0.0774. The van der Waals surface area contributed by atoms with E-state index in [9.17, 15) is 4.79 Å². The zero-order valence-corrected chi connectivity index (χ0v) is 13.0. The van der Waals surface area contributed by atoms with Gasteiger partial charge in [-0.3, -0.25) is 9.78 Å². The molecule has 2 fully saturated rings. The fourth-order valence-electron chi connectivity index (χ4n) is 3.70. The predicted octanol–water partition coefficient (Wildman–Crippen LogP) is 1.86. The van der Waals surface area contributed by atoms with E-state index in [1.165, 1.54) is 0 Å². The lowest BCUT2D eigenvalue weighted by Crippen LogP contribution is -2.33. The van der Waals surface area contributed by atoms with E-state index in [0.717, 1.165) is 37.0 Å². The summed E-state index contributed by atoms with van der Waals surface area (Å²) in [6.07, 6.45) is 3.81. The van der Waals surface area contributed by atoms with Crippen molar-refractivity contribution in [2.75, 3.05) is 13.1 Å². The van der Waals surface area contributed by atoms with Crippen molar-refractivity contribution in [2.45, 2.75) is 18.9 Å². The van der Waals surface area contributed by atoms with E-state index in [4.69, 9.17) is 5.73 Å². The number of hydrogen-bond acceptors (Lipinski definition) is 4. The van der Waals surface area contributed by atoms with Crippen molar-refractivity contribution in [3.8, 4) is 0 Å². The van der Waals surface area contributed by atoms with Gasteiger partial charge in [-0.25, -0.2) is 4.98 Å². The van der Waals surface area contributed by atoms with Gasteiger partial charge in [-0.15, -0.1) is 12.4 Å². The molecular weight excluding hydrogens is 300 g/mol. The molecule has 1 amide bonds. The van der Waals surface area contributed by atoms with Crippen LogP contribution in [0.25, 0.3) is 11.0 Å². The van der Waals surface area contributed by atoms with E-state index in [-0.39, 0.29) is 24.4 Å². The molecule has 1 aromatic carbocycles. The van der Waals surface area contributed by atoms with Crippen molar-refractivity contribution in [3.63, 3.8) is 0 Å². The molecule has 1 aliphatic carbocycles. The molecule has 2 aromatic rings. The van der Waals surface area contributed by atoms with Crippen LogP contribution in [0.5, 0.6) is 0 Å². The fraction of sp³-hybridized carbons (Fsp3) is 0.438. The monoisotopic (exact) mass is 318 g/mol. The fourth-order valence-corrected chi connectivity index (χ4v) is 3.70. The van der Waals surface area contributed by atoms with Crippen LogP contribution in [-0.4, -0.2) is 39.9 Å². The van der Waals surface area contributed by atoms with Crippen LogP contribution in [0, 0.1) is 11.8 Å². The zero-order valence-electron chi connectivity index (χ0n) is 12.2. The molecule has 0 bridgehead atoms. The number of halogens is 1. The summed E-state index contributed by atoms with van der Waals surface area (Å²) < 4.78 is 0. The van der Waals surface area contributed by atoms with Gasteiger partial charge >= 0.3 is 0 Å². The SMILES string of the molecule is Cl.NC1CCC2CN(C(=O)c3cnc4ccccc4n3)CC12. The lowest BCUT2D eigenvalue weighted by Gasteiger charge is -2.18. The molecule has 2 N–H and O–H groups in total. The Labute approximate surface area is 135 Å². The molecule has 3 unspecified atom stereocenters. The number of para-hydroxylation sites is 2. The Morgan fingerprint density at radius 3 is 2.73 bits per heavy atom. The van der Waals surface area contributed by atoms with Crippen LogP contribution in [0.15, 0.2) is 30.5 Å². The van der Waals surface area contributed by atoms with Crippen LogP contribution in [-0.2, 0) is 0 Å². The minimum absolute atomic E-state index is 0. The molecule has 0 spiro atoms. The maximum absolute atomic E-state index is 12.6. The summed E-state index contributed by atoms with van der Waals surface area (Å²) in [5, 5.41) is 0. The molecule has 2 aliphatic rings. The molecule has 0 radical (unpaired) electrons. The smallest absolute Gasteiger partial charge is 0.274 e. The van der Waals surface area contributed by atoms with Crippen molar-refractivity contribution in [1.82, 2.24) is 14.9 Å². The molecule has 6 heteroatoms. The number of benzene rings is 1. The Bertz CT molecular complexity index is 707. The molecule has 4 rings (SSSR count). The molecule has 22 heavy (non-hydrogen) atoms. The molecular formula is C16H19ClN4O. The molecule has 1 aliphatic heterocycles. The van der Waals surface area contributed by atoms with Gasteiger partial charge in [-0.1, -0.05) is 12.1 Å². The van der Waals surface area contributed by atoms with E-state index < -0.39 is 0 Å². The minimum atomic E-state index is -0.0187. The number of carbonyl (C=O) groups excluding carboxylic acids is 1. The number of fused-ring (bicyclic) bond motifs is 2. The zero-order chi connectivity index (χ0) is 14.4. The Kier molecular flexibility index (Phi) is 4.02. The molecule has 1 saturated carbocycles. The number of amides is 1. The van der Waals surface area contributed by atoms with Crippen molar-refractivity contribution >= 4 is 29.3 Å². The van der Waals surface area contributed by atoms with E-state index >= 15 is 0 Å². The third kappa shape index (κ3) is 2.44. The van der Waals surface area contributed by atoms with Crippen LogP contribution < -0.4 is 5.73 Å². The molecule has 3 atom stereocenters. The molecule has 1 aromatic heterocycles. The number of hydrogen-bond donors (Lipinski definition) is 1. The van der Waals surface area contributed by atoms with Gasteiger partial charge in [0.25, 0.3) is 5.91 Å². The number of nitrogens with zero attached hydrogens (tertiary/aromatic N) is 3. The summed E-state index contributed by atoms with van der Waals surface area (Å²) in [5.41, 5.74) is 8.14. The van der Waals surface area contributed by atoms with Crippen molar-refractivity contribution in [2.24, 2.45) is 17.6 Å². The second-order valence-electron chi connectivity index (χ2n) is 6.12. The summed E-state index contributed by atoms with van der Waals surface area (Å²) in [7, 11) is 0. The largest absolute Gasteiger partial charge is 0.337 e. The van der Waals surface area contributed by atoms with Crippen molar-refractivity contribution < 1.29 is 4.79 Å². The highest BCUT2D eigenvalue weighted by molar-refractivity contribution is 5.94. The highest BCUT2D eigenvalue weighted by atomic mass is 35.5. The van der Waals surface area contributed by atoms with Crippen LogP contribution in [0.4, 0.5) is 0 Å². The predicted molar refractivity (Wildman–Crippen MR) is 86.9 cm³/mol. The van der Waals surface area contributed by atoms with E-state index in [2.05, 4.69) is 9.97 Å². The van der Waals surface area contributed by atoms with Crippen LogP contribution in [0.2, 0.25) is 0 Å². The normalized spacial score (nSPS) is 26.8. The Balaban J connectivity index is 0.00000144. The van der Waals surface area contributed by atoms with Gasteiger partial charge in [0, 0.05) is 19.1 Å². The highest BCUT2D eigenvalue weighted by Gasteiger charge is 2.42. The second kappa shape index (κ2) is 5.82. The average Bonchev–Trinajstić information content (AvgIpc) is 3.08. The van der Waals surface area contributed by atoms with Crippen LogP contribution >= 0.6 is 12.4 Å². The van der Waals surface area contributed by atoms with Gasteiger partial charge in [0.2, 0.25) is 0 Å². The Hall–Kier alpha value is -1.72. The van der Waals surface area contributed by atoms with Gasteiger partial charge in [-0.2, -0.15) is 0 Å². The van der Waals surface area contributed by atoms with Crippen molar-refractivity contribution in [1.29, 1.82) is 0 Å². The number of aromatic nitrogens is 2. The Morgan fingerprint density at radius 2 is 1.95 bits per heavy atom. The summed E-state index contributed by atoms with van der Waals surface area (Å²) in [6.45, 7) is 1.57. The first-order valence-electron chi connectivity index (χ1n) is 7.49. The van der Waals surface area contributed by atoms with E-state index in [0.29, 0.717) is 17.5 Å². The van der Waals surface area contributed by atoms with Crippen molar-refractivity contribution in [3.05, 3.63) is 36.2 Å². The van der Waals surface area contributed by atoms with Crippen LogP contribution in [0.1, 0.15) is 23.3 Å². The van der Waals surface area contributed by atoms with Gasteiger partial charge in [0.15, 0.2) is 0 Å². The maximum atomic E-state index is 12.6. The number of nitrogens with two attached hydrogens (primary N) is 1. The van der Waals surface area contributed by atoms with Gasteiger partial charge in [0.05, 0.1) is 17.2 Å². The maximum Gasteiger partial charge on any atom is 0.274 e. The lowest BCUT2D eigenvalue weighted by atomic mass is 9.98. The number of likely N-dealkylation sites (tertiary alicyclic amines) is 1.